The van der Waals surface area contributed by atoms with Gasteiger partial charge >= 0.3 is 5.97 Å². The average molecular weight is 268 g/mol. The van der Waals surface area contributed by atoms with Gasteiger partial charge in [-0.15, -0.1) is 12.3 Å². The van der Waals surface area contributed by atoms with Crippen molar-refractivity contribution in [3.05, 3.63) is 42.2 Å². The molecule has 0 unspecified atom stereocenters. The van der Waals surface area contributed by atoms with E-state index in [-0.39, 0.29) is 5.97 Å². The molecule has 0 saturated carbocycles. The first-order chi connectivity index (χ1) is 9.74. The molecule has 0 atom stereocenters. The Labute approximate surface area is 118 Å². The van der Waals surface area contributed by atoms with E-state index in [4.69, 9.17) is 6.42 Å². The number of benzene rings is 1. The molecule has 102 valence electrons. The maximum absolute atomic E-state index is 11.4. The number of unbranched alkanes of at least 4 members (excludes halogenated alkanes) is 1. The van der Waals surface area contributed by atoms with Gasteiger partial charge in [0.25, 0.3) is 0 Å². The minimum Gasteiger partial charge on any atom is -0.465 e. The Morgan fingerprint density at radius 3 is 2.75 bits per heavy atom. The number of carbonyl (C=O) groups is 1. The van der Waals surface area contributed by atoms with Crippen LogP contribution >= 0.6 is 0 Å². The summed E-state index contributed by atoms with van der Waals surface area (Å²) in [6, 6.07) is 7.26. The summed E-state index contributed by atoms with van der Waals surface area (Å²) in [6.07, 6.45) is 10.7. The minimum absolute atomic E-state index is 0.332. The molecule has 1 heterocycles. The number of aryl methyl sites for hydroxylation is 1. The van der Waals surface area contributed by atoms with Crippen molar-refractivity contribution in [2.45, 2.75) is 19.4 Å². The molecule has 4 nitrogen and oxygen atoms in total. The summed E-state index contributed by atoms with van der Waals surface area (Å²) in [7, 11) is 1.37. The fraction of sp³-hybridized carbons (Fsp3) is 0.250. The normalized spacial score (nSPS) is 10.0. The van der Waals surface area contributed by atoms with Crippen molar-refractivity contribution in [1.29, 1.82) is 0 Å². The van der Waals surface area contributed by atoms with Gasteiger partial charge in [-0.25, -0.2) is 4.79 Å². The van der Waals surface area contributed by atoms with Crippen molar-refractivity contribution in [2.24, 2.45) is 0 Å². The van der Waals surface area contributed by atoms with Crippen molar-refractivity contribution in [1.82, 2.24) is 9.78 Å². The maximum atomic E-state index is 11.4. The second-order valence-corrected chi connectivity index (χ2v) is 4.37. The van der Waals surface area contributed by atoms with Crippen molar-refractivity contribution in [3.8, 4) is 23.5 Å². The highest BCUT2D eigenvalue weighted by Crippen LogP contribution is 2.19. The molecule has 0 radical (unpaired) electrons. The van der Waals surface area contributed by atoms with Crippen molar-refractivity contribution >= 4 is 5.97 Å². The molecule has 0 fully saturated rings. The van der Waals surface area contributed by atoms with Gasteiger partial charge in [0.15, 0.2) is 0 Å². The van der Waals surface area contributed by atoms with Crippen LogP contribution in [0, 0.1) is 12.3 Å². The number of terminal acetylenes is 1. The Morgan fingerprint density at radius 2 is 2.10 bits per heavy atom. The van der Waals surface area contributed by atoms with E-state index < -0.39 is 0 Å². The van der Waals surface area contributed by atoms with Crippen LogP contribution < -0.4 is 0 Å². The van der Waals surface area contributed by atoms with Gasteiger partial charge in [0.1, 0.15) is 0 Å². The summed E-state index contributed by atoms with van der Waals surface area (Å²) in [5, 5.41) is 4.29. The molecule has 0 spiro atoms. The van der Waals surface area contributed by atoms with Crippen LogP contribution in [-0.4, -0.2) is 22.9 Å². The standard InChI is InChI=1S/C16H16N2O2/c1-3-4-5-10-18-12-15(11-17-18)13-6-8-14(9-7-13)16(19)20-2/h1,6-9,11-12H,4-5,10H2,2H3. The van der Waals surface area contributed by atoms with Crippen LogP contribution in [0.1, 0.15) is 23.2 Å². The smallest absolute Gasteiger partial charge is 0.337 e. The molecule has 0 N–H and O–H groups in total. The van der Waals surface area contributed by atoms with E-state index in [0.717, 1.165) is 30.5 Å². The maximum Gasteiger partial charge on any atom is 0.337 e. The number of rotatable bonds is 5. The highest BCUT2D eigenvalue weighted by Gasteiger charge is 2.06. The van der Waals surface area contributed by atoms with Crippen LogP contribution in [0.5, 0.6) is 0 Å². The minimum atomic E-state index is -0.332. The second-order valence-electron chi connectivity index (χ2n) is 4.37. The fourth-order valence-electron chi connectivity index (χ4n) is 1.89. The van der Waals surface area contributed by atoms with E-state index in [1.165, 1.54) is 7.11 Å². The number of nitrogens with zero attached hydrogens (tertiary/aromatic N) is 2. The van der Waals surface area contributed by atoms with Gasteiger partial charge in [-0.2, -0.15) is 5.10 Å². The summed E-state index contributed by atoms with van der Waals surface area (Å²) in [6.45, 7) is 0.810. The van der Waals surface area contributed by atoms with E-state index in [1.807, 2.05) is 29.2 Å². The SMILES string of the molecule is C#CCCCn1cc(-c2ccc(C(=O)OC)cc2)cn1. The van der Waals surface area contributed by atoms with Gasteiger partial charge in [-0.1, -0.05) is 12.1 Å². The predicted molar refractivity (Wildman–Crippen MR) is 77.1 cm³/mol. The molecule has 0 saturated heterocycles. The monoisotopic (exact) mass is 268 g/mol. The molecule has 2 rings (SSSR count). The highest BCUT2D eigenvalue weighted by atomic mass is 16.5. The zero-order valence-corrected chi connectivity index (χ0v) is 11.4. The molecule has 0 aliphatic rings. The molecular formula is C16H16N2O2. The number of hydrogen-bond donors (Lipinski definition) is 0. The van der Waals surface area contributed by atoms with Crippen molar-refractivity contribution < 1.29 is 9.53 Å². The van der Waals surface area contributed by atoms with Gasteiger partial charge in [0.2, 0.25) is 0 Å². The number of ether oxygens (including phenoxy) is 1. The summed E-state index contributed by atoms with van der Waals surface area (Å²) < 4.78 is 6.55. The molecule has 1 aromatic carbocycles. The summed E-state index contributed by atoms with van der Waals surface area (Å²) in [5.74, 6) is 2.28. The van der Waals surface area contributed by atoms with Gasteiger partial charge < -0.3 is 4.74 Å². The molecule has 20 heavy (non-hydrogen) atoms. The second kappa shape index (κ2) is 6.58. The highest BCUT2D eigenvalue weighted by molar-refractivity contribution is 5.89. The summed E-state index contributed by atoms with van der Waals surface area (Å²) in [5.41, 5.74) is 2.57. The third-order valence-electron chi connectivity index (χ3n) is 2.98. The van der Waals surface area contributed by atoms with E-state index in [9.17, 15) is 4.79 Å². The average Bonchev–Trinajstić information content (AvgIpc) is 2.96. The van der Waals surface area contributed by atoms with Gasteiger partial charge in [-0.3, -0.25) is 4.68 Å². The fourth-order valence-corrected chi connectivity index (χ4v) is 1.89. The lowest BCUT2D eigenvalue weighted by atomic mass is 10.1. The van der Waals surface area contributed by atoms with Crippen molar-refractivity contribution in [2.75, 3.05) is 7.11 Å². The third-order valence-corrected chi connectivity index (χ3v) is 2.98. The van der Waals surface area contributed by atoms with Crippen LogP contribution in [0.2, 0.25) is 0 Å². The topological polar surface area (TPSA) is 44.1 Å². The number of aromatic nitrogens is 2. The molecule has 1 aromatic heterocycles. The number of carbonyl (C=O) groups excluding carboxylic acids is 1. The number of methoxy groups -OCH3 is 1. The number of hydrogen-bond acceptors (Lipinski definition) is 3. The van der Waals surface area contributed by atoms with E-state index >= 15 is 0 Å². The molecular weight excluding hydrogens is 252 g/mol. The Morgan fingerprint density at radius 1 is 1.35 bits per heavy atom. The first-order valence-electron chi connectivity index (χ1n) is 6.39. The van der Waals surface area contributed by atoms with E-state index in [2.05, 4.69) is 15.8 Å². The molecule has 0 amide bonds. The molecule has 4 heteroatoms. The lowest BCUT2D eigenvalue weighted by Gasteiger charge is -2.01. The van der Waals surface area contributed by atoms with Gasteiger partial charge in [0.05, 0.1) is 18.9 Å². The lowest BCUT2D eigenvalue weighted by molar-refractivity contribution is 0.0601. The summed E-state index contributed by atoms with van der Waals surface area (Å²) in [4.78, 5) is 11.4. The largest absolute Gasteiger partial charge is 0.465 e. The zero-order chi connectivity index (χ0) is 14.4. The zero-order valence-electron chi connectivity index (χ0n) is 11.4. The van der Waals surface area contributed by atoms with Crippen LogP contribution in [-0.2, 0) is 11.3 Å². The first kappa shape index (κ1) is 13.9. The van der Waals surface area contributed by atoms with Crippen LogP contribution in [0.15, 0.2) is 36.7 Å². The van der Waals surface area contributed by atoms with E-state index in [0.29, 0.717) is 5.56 Å². The lowest BCUT2D eigenvalue weighted by Crippen LogP contribution is -2.00. The number of esters is 1. The molecule has 0 aliphatic carbocycles. The molecule has 0 aliphatic heterocycles. The molecule has 0 bridgehead atoms. The van der Waals surface area contributed by atoms with Crippen LogP contribution in [0.25, 0.3) is 11.1 Å². The Hall–Kier alpha value is -2.54. The van der Waals surface area contributed by atoms with E-state index in [1.54, 1.807) is 12.1 Å². The summed E-state index contributed by atoms with van der Waals surface area (Å²) >= 11 is 0. The van der Waals surface area contributed by atoms with Crippen LogP contribution in [0.3, 0.4) is 0 Å². The van der Waals surface area contributed by atoms with Crippen LogP contribution in [0.4, 0.5) is 0 Å². The first-order valence-corrected chi connectivity index (χ1v) is 6.39. The Bertz CT molecular complexity index is 621. The quantitative estimate of drug-likeness (QED) is 0.476. The Balaban J connectivity index is 2.08. The Kier molecular flexibility index (Phi) is 4.56. The predicted octanol–water partition coefficient (Wildman–Crippen LogP) is 2.75. The third kappa shape index (κ3) is 3.27. The van der Waals surface area contributed by atoms with Gasteiger partial charge in [0, 0.05) is 24.7 Å². The molecule has 2 aromatic rings. The van der Waals surface area contributed by atoms with Crippen molar-refractivity contribution in [3.63, 3.8) is 0 Å². The van der Waals surface area contributed by atoms with Gasteiger partial charge in [-0.05, 0) is 24.1 Å².